The smallest absolute Gasteiger partial charge is 0.194 e. The number of aliphatic hydroxyl groups excluding tert-OH is 3. The third-order valence-electron chi connectivity index (χ3n) is 7.72. The van der Waals surface area contributed by atoms with Crippen molar-refractivity contribution in [3.63, 3.8) is 0 Å². The van der Waals surface area contributed by atoms with Gasteiger partial charge in [0.05, 0.1) is 43.6 Å². The number of aliphatic hydroxyl groups is 3. The molecule has 0 spiro atoms. The van der Waals surface area contributed by atoms with Crippen LogP contribution < -0.4 is 0 Å². The molecule has 0 saturated carbocycles. The molecule has 4 aromatic rings. The SMILES string of the molecule is COC1C(SC2COCC(n3cc(-c4ccnc(Cl)c4)nn3)C2O)OC(CO)C(O)C1n1cc(-c2cc(F)c(F)c(F)c2)nn1. The van der Waals surface area contributed by atoms with E-state index in [-0.39, 0.29) is 24.5 Å². The lowest BCUT2D eigenvalue weighted by molar-refractivity contribution is -0.186. The first-order valence-corrected chi connectivity index (χ1v) is 15.0. The molecular weight excluding hydrogens is 643 g/mol. The van der Waals surface area contributed by atoms with Gasteiger partial charge in [0.15, 0.2) is 17.5 Å². The quantitative estimate of drug-likeness (QED) is 0.185. The van der Waals surface area contributed by atoms with E-state index in [0.717, 1.165) is 12.1 Å². The number of thioether (sulfide) groups is 1. The van der Waals surface area contributed by atoms with Crippen LogP contribution in [-0.4, -0.2) is 112 Å². The molecule has 0 aliphatic carbocycles. The molecule has 6 rings (SSSR count). The van der Waals surface area contributed by atoms with Crippen molar-refractivity contribution in [2.45, 2.75) is 47.2 Å². The molecule has 2 fully saturated rings. The molecule has 2 aliphatic rings. The van der Waals surface area contributed by atoms with Crippen LogP contribution >= 0.6 is 23.4 Å². The van der Waals surface area contributed by atoms with E-state index in [9.17, 15) is 28.5 Å². The van der Waals surface area contributed by atoms with Gasteiger partial charge in [-0.1, -0.05) is 22.0 Å². The molecule has 1 aromatic carbocycles. The maximum Gasteiger partial charge on any atom is 0.194 e. The van der Waals surface area contributed by atoms with E-state index < -0.39 is 71.2 Å². The van der Waals surface area contributed by atoms with Gasteiger partial charge in [0.25, 0.3) is 0 Å². The van der Waals surface area contributed by atoms with Crippen LogP contribution in [0.3, 0.4) is 0 Å². The molecule has 2 aliphatic heterocycles. The van der Waals surface area contributed by atoms with Crippen molar-refractivity contribution in [2.75, 3.05) is 26.9 Å². The van der Waals surface area contributed by atoms with Crippen molar-refractivity contribution in [3.05, 3.63) is 65.5 Å². The Hall–Kier alpha value is -3.16. The Labute approximate surface area is 262 Å². The molecule has 0 amide bonds. The molecule has 2 saturated heterocycles. The summed E-state index contributed by atoms with van der Waals surface area (Å²) in [5.74, 6) is -4.41. The zero-order valence-electron chi connectivity index (χ0n) is 23.4. The van der Waals surface area contributed by atoms with E-state index in [2.05, 4.69) is 25.6 Å². The molecule has 240 valence electrons. The van der Waals surface area contributed by atoms with E-state index in [0.29, 0.717) is 16.4 Å². The highest BCUT2D eigenvalue weighted by Gasteiger charge is 2.49. The van der Waals surface area contributed by atoms with Crippen molar-refractivity contribution in [3.8, 4) is 22.5 Å². The Morgan fingerprint density at radius 1 is 1.00 bits per heavy atom. The number of aromatic nitrogens is 7. The Morgan fingerprint density at radius 3 is 2.38 bits per heavy atom. The van der Waals surface area contributed by atoms with Crippen LogP contribution in [0.5, 0.6) is 0 Å². The summed E-state index contributed by atoms with van der Waals surface area (Å²) in [5, 5.41) is 48.7. The molecule has 3 aromatic heterocycles. The number of nitrogens with zero attached hydrogens (tertiary/aromatic N) is 7. The molecule has 18 heteroatoms. The predicted octanol–water partition coefficient (Wildman–Crippen LogP) is 2.04. The molecule has 8 atom stereocenters. The molecule has 0 bridgehead atoms. The molecule has 3 N–H and O–H groups in total. The minimum atomic E-state index is -1.62. The van der Waals surface area contributed by atoms with Gasteiger partial charge < -0.3 is 29.5 Å². The number of benzene rings is 1. The molecule has 5 heterocycles. The number of hydrogen-bond donors (Lipinski definition) is 3. The second kappa shape index (κ2) is 13.3. The second-order valence-electron chi connectivity index (χ2n) is 10.5. The number of halogens is 4. The number of ether oxygens (including phenoxy) is 3. The summed E-state index contributed by atoms with van der Waals surface area (Å²) in [5.41, 5.74) is 0.293. The summed E-state index contributed by atoms with van der Waals surface area (Å²) < 4.78 is 61.6. The topological polar surface area (TPSA) is 163 Å². The van der Waals surface area contributed by atoms with E-state index in [4.69, 9.17) is 25.8 Å². The van der Waals surface area contributed by atoms with E-state index in [1.54, 1.807) is 24.5 Å². The summed E-state index contributed by atoms with van der Waals surface area (Å²) in [7, 11) is 1.39. The van der Waals surface area contributed by atoms with Crippen LogP contribution in [0.1, 0.15) is 12.1 Å². The van der Waals surface area contributed by atoms with Crippen molar-refractivity contribution in [1.82, 2.24) is 35.0 Å². The van der Waals surface area contributed by atoms with Gasteiger partial charge in [-0.25, -0.2) is 27.5 Å². The Bertz CT molecular complexity index is 1630. The average Bonchev–Trinajstić information content (AvgIpc) is 3.72. The van der Waals surface area contributed by atoms with Crippen molar-refractivity contribution < 1.29 is 42.7 Å². The van der Waals surface area contributed by atoms with Crippen LogP contribution in [0.25, 0.3) is 22.5 Å². The minimum absolute atomic E-state index is 0.00581. The lowest BCUT2D eigenvalue weighted by Gasteiger charge is -2.45. The fourth-order valence-electron chi connectivity index (χ4n) is 5.39. The monoisotopic (exact) mass is 669 g/mol. The van der Waals surface area contributed by atoms with Crippen LogP contribution in [0.4, 0.5) is 13.2 Å². The van der Waals surface area contributed by atoms with Gasteiger partial charge in [-0.05, 0) is 24.3 Å². The largest absolute Gasteiger partial charge is 0.394 e. The van der Waals surface area contributed by atoms with Gasteiger partial charge in [-0.15, -0.1) is 22.0 Å². The first-order chi connectivity index (χ1) is 21.7. The van der Waals surface area contributed by atoms with Crippen molar-refractivity contribution in [2.24, 2.45) is 0 Å². The Balaban J connectivity index is 1.22. The summed E-state index contributed by atoms with van der Waals surface area (Å²) in [6, 6.07) is 3.34. The van der Waals surface area contributed by atoms with E-state index in [1.165, 1.54) is 34.4 Å². The third-order valence-corrected chi connectivity index (χ3v) is 9.34. The molecule has 13 nitrogen and oxygen atoms in total. The van der Waals surface area contributed by atoms with Crippen LogP contribution in [0, 0.1) is 17.5 Å². The van der Waals surface area contributed by atoms with Crippen molar-refractivity contribution in [1.29, 1.82) is 0 Å². The highest BCUT2D eigenvalue weighted by molar-refractivity contribution is 8.00. The molecule has 45 heavy (non-hydrogen) atoms. The first-order valence-electron chi connectivity index (χ1n) is 13.7. The van der Waals surface area contributed by atoms with E-state index in [1.807, 2.05) is 0 Å². The summed E-state index contributed by atoms with van der Waals surface area (Å²) in [4.78, 5) is 3.96. The molecule has 0 radical (unpaired) electrons. The number of pyridine rings is 1. The highest BCUT2D eigenvalue weighted by Crippen LogP contribution is 2.41. The summed E-state index contributed by atoms with van der Waals surface area (Å²) >= 11 is 7.18. The fraction of sp³-hybridized carbons (Fsp3) is 0.444. The zero-order chi connectivity index (χ0) is 31.8. The normalized spacial score (nSPS) is 28.8. The molecular formula is C27H27ClF3N7O6S. The fourth-order valence-corrected chi connectivity index (χ4v) is 7.06. The Morgan fingerprint density at radius 2 is 1.69 bits per heavy atom. The maximum absolute atomic E-state index is 13.9. The lowest BCUT2D eigenvalue weighted by Crippen LogP contribution is -2.56. The van der Waals surface area contributed by atoms with Crippen LogP contribution in [0.15, 0.2) is 42.9 Å². The van der Waals surface area contributed by atoms with Crippen molar-refractivity contribution >= 4 is 23.4 Å². The maximum atomic E-state index is 13.9. The minimum Gasteiger partial charge on any atom is -0.394 e. The van der Waals surface area contributed by atoms with Gasteiger partial charge in [-0.3, -0.25) is 0 Å². The number of hydrogen-bond acceptors (Lipinski definition) is 12. The van der Waals surface area contributed by atoms with Gasteiger partial charge >= 0.3 is 0 Å². The number of rotatable bonds is 8. The third kappa shape index (κ3) is 6.31. The summed E-state index contributed by atoms with van der Waals surface area (Å²) in [6.07, 6.45) is 0.203. The van der Waals surface area contributed by atoms with Gasteiger partial charge in [0.2, 0.25) is 0 Å². The van der Waals surface area contributed by atoms with Crippen LogP contribution in [0.2, 0.25) is 5.15 Å². The average molecular weight is 670 g/mol. The van der Waals surface area contributed by atoms with Crippen LogP contribution in [-0.2, 0) is 14.2 Å². The lowest BCUT2D eigenvalue weighted by atomic mass is 9.97. The standard InChI is InChI=1S/C27H27ClF3N7O6S/c1-42-26-23(38-8-17(34-36-38)13-4-14(29)22(31)15(30)5-13)25(41)19(9-39)44-27(26)45-20-11-43-10-18(24(20)40)37-7-16(33-35-37)12-2-3-32-21(28)6-12/h2-8,18-20,23-27,39-41H,9-11H2,1H3. The summed E-state index contributed by atoms with van der Waals surface area (Å²) in [6.45, 7) is -0.259. The molecule has 8 unspecified atom stereocenters. The van der Waals surface area contributed by atoms with E-state index >= 15 is 0 Å². The zero-order valence-corrected chi connectivity index (χ0v) is 25.0. The Kier molecular flexibility index (Phi) is 9.39. The highest BCUT2D eigenvalue weighted by atomic mass is 35.5. The predicted molar refractivity (Wildman–Crippen MR) is 152 cm³/mol. The number of methoxy groups -OCH3 is 1. The second-order valence-corrected chi connectivity index (χ2v) is 12.2. The van der Waals surface area contributed by atoms with Gasteiger partial charge in [-0.2, -0.15) is 0 Å². The first kappa shape index (κ1) is 31.8. The van der Waals surface area contributed by atoms with Gasteiger partial charge in [0.1, 0.15) is 52.4 Å². The van der Waals surface area contributed by atoms with Gasteiger partial charge in [0, 0.05) is 24.4 Å².